The Labute approximate surface area is 258 Å². The second-order valence-electron chi connectivity index (χ2n) is 11.8. The van der Waals surface area contributed by atoms with Crippen molar-refractivity contribution in [3.8, 4) is 11.5 Å². The summed E-state index contributed by atoms with van der Waals surface area (Å²) in [5.41, 5.74) is 1.53. The fourth-order valence-electron chi connectivity index (χ4n) is 5.37. The summed E-state index contributed by atoms with van der Waals surface area (Å²) in [4.78, 5) is 57.8. The van der Waals surface area contributed by atoms with E-state index in [0.29, 0.717) is 23.5 Å². The van der Waals surface area contributed by atoms with Crippen molar-refractivity contribution in [2.24, 2.45) is 5.92 Å². The summed E-state index contributed by atoms with van der Waals surface area (Å²) in [7, 11) is 5.13. The number of likely N-dealkylation sites (tertiary alicyclic amines) is 1. The van der Waals surface area contributed by atoms with Gasteiger partial charge in [-0.25, -0.2) is 0 Å². The molecule has 0 aromatic heterocycles. The van der Waals surface area contributed by atoms with E-state index in [-0.39, 0.29) is 30.7 Å². The maximum atomic E-state index is 14.1. The number of carbonyl (C=O) groups is 4. The Balaban J connectivity index is 1.70. The summed E-state index contributed by atoms with van der Waals surface area (Å²) in [6, 6.07) is 11.3. The highest BCUT2D eigenvalue weighted by Gasteiger charge is 2.46. The number of likely N-dealkylation sites (N-methyl/N-ethyl adjacent to an activating group) is 1. The first-order valence-electron chi connectivity index (χ1n) is 14.9. The van der Waals surface area contributed by atoms with Gasteiger partial charge in [0.25, 0.3) is 0 Å². The van der Waals surface area contributed by atoms with Crippen LogP contribution in [0.15, 0.2) is 54.7 Å². The van der Waals surface area contributed by atoms with Gasteiger partial charge >= 0.3 is 0 Å². The Morgan fingerprint density at radius 3 is 2.48 bits per heavy atom. The largest absolute Gasteiger partial charge is 0.496 e. The lowest BCUT2D eigenvalue weighted by Gasteiger charge is -2.33. The number of carbonyl (C=O) groups excluding carboxylic acids is 4. The maximum absolute atomic E-state index is 14.1. The Morgan fingerprint density at radius 1 is 1.09 bits per heavy atom. The number of nitrogens with one attached hydrogen (secondary N) is 3. The van der Waals surface area contributed by atoms with E-state index >= 15 is 0 Å². The normalized spacial score (nSPS) is 22.3. The molecular formula is C33H43N5O6. The molecule has 2 bridgehead atoms. The number of amides is 4. The molecule has 3 N–H and O–H groups in total. The Morgan fingerprint density at radius 2 is 1.82 bits per heavy atom. The van der Waals surface area contributed by atoms with Crippen LogP contribution in [0.4, 0.5) is 0 Å². The van der Waals surface area contributed by atoms with Gasteiger partial charge in [-0.3, -0.25) is 24.1 Å². The van der Waals surface area contributed by atoms with E-state index in [1.54, 1.807) is 57.3 Å². The average molecular weight is 606 g/mol. The van der Waals surface area contributed by atoms with Gasteiger partial charge in [0.2, 0.25) is 23.6 Å². The first kappa shape index (κ1) is 32.5. The molecule has 5 unspecified atom stereocenters. The fourth-order valence-corrected chi connectivity index (χ4v) is 5.37. The second-order valence-corrected chi connectivity index (χ2v) is 11.8. The molecule has 0 saturated carbocycles. The molecule has 5 atom stereocenters. The van der Waals surface area contributed by atoms with Gasteiger partial charge in [-0.05, 0) is 56.8 Å². The van der Waals surface area contributed by atoms with E-state index in [0.717, 1.165) is 5.56 Å². The smallest absolute Gasteiger partial charge is 0.247 e. The van der Waals surface area contributed by atoms with Crippen molar-refractivity contribution < 1.29 is 28.7 Å². The van der Waals surface area contributed by atoms with Crippen LogP contribution in [0.25, 0.3) is 6.08 Å². The van der Waals surface area contributed by atoms with E-state index in [9.17, 15) is 19.2 Å². The van der Waals surface area contributed by atoms with Crippen LogP contribution in [-0.2, 0) is 25.6 Å². The van der Waals surface area contributed by atoms with Crippen LogP contribution in [-0.4, -0.2) is 91.4 Å². The molecule has 1 saturated heterocycles. The summed E-state index contributed by atoms with van der Waals surface area (Å²) in [6.45, 7) is 5.70. The van der Waals surface area contributed by atoms with Gasteiger partial charge in [-0.2, -0.15) is 0 Å². The molecule has 0 spiro atoms. The maximum Gasteiger partial charge on any atom is 0.247 e. The zero-order valence-corrected chi connectivity index (χ0v) is 26.2. The molecule has 2 heterocycles. The number of nitrogens with zero attached hydrogens (tertiary/aromatic N) is 2. The minimum Gasteiger partial charge on any atom is -0.496 e. The summed E-state index contributed by atoms with van der Waals surface area (Å²) in [6.07, 6.45) is 3.13. The molecule has 2 aliphatic rings. The van der Waals surface area contributed by atoms with Gasteiger partial charge in [0.05, 0.1) is 13.2 Å². The van der Waals surface area contributed by atoms with Crippen molar-refractivity contribution in [1.29, 1.82) is 0 Å². The molecule has 2 aliphatic heterocycles. The van der Waals surface area contributed by atoms with Crippen molar-refractivity contribution >= 4 is 29.7 Å². The van der Waals surface area contributed by atoms with Crippen molar-refractivity contribution in [3.05, 3.63) is 65.9 Å². The number of ether oxygens (including phenoxy) is 2. The van der Waals surface area contributed by atoms with Gasteiger partial charge < -0.3 is 30.3 Å². The van der Waals surface area contributed by atoms with Gasteiger partial charge in [0, 0.05) is 31.1 Å². The highest BCUT2D eigenvalue weighted by atomic mass is 16.5. The van der Waals surface area contributed by atoms with Crippen LogP contribution in [0, 0.1) is 5.92 Å². The third kappa shape index (κ3) is 7.57. The van der Waals surface area contributed by atoms with E-state index < -0.39 is 42.1 Å². The standard InChI is InChI=1S/C33H43N5O6/c1-20(2)28(36-30(39)21(3)37(4)5)33(42)38-17-15-27-29(38)32(41)35-25(18-22-10-8-7-9-11-22)31(40)34-16-14-23-19-24(44-27)12-13-26(23)43-6/h7-14,16,19-21,25,27-29H,15,17-18H2,1-6H3,(H,34,40)(H,35,41)(H,36,39)/b16-14+. The lowest BCUT2D eigenvalue weighted by Crippen LogP contribution is -2.60. The number of hydrogen-bond donors (Lipinski definition) is 3. The van der Waals surface area contributed by atoms with Gasteiger partial charge in [0.1, 0.15) is 35.7 Å². The third-order valence-electron chi connectivity index (χ3n) is 8.17. The molecule has 2 aromatic carbocycles. The average Bonchev–Trinajstić information content (AvgIpc) is 3.42. The number of rotatable bonds is 8. The second kappa shape index (κ2) is 14.4. The van der Waals surface area contributed by atoms with Crippen molar-refractivity contribution in [2.75, 3.05) is 27.7 Å². The molecule has 11 heteroatoms. The number of benzene rings is 2. The van der Waals surface area contributed by atoms with E-state index in [4.69, 9.17) is 9.47 Å². The zero-order valence-electron chi connectivity index (χ0n) is 26.2. The molecule has 2 aromatic rings. The van der Waals surface area contributed by atoms with Crippen LogP contribution in [0.2, 0.25) is 0 Å². The van der Waals surface area contributed by atoms with Crippen molar-refractivity contribution in [3.63, 3.8) is 0 Å². The van der Waals surface area contributed by atoms with Crippen LogP contribution >= 0.6 is 0 Å². The zero-order chi connectivity index (χ0) is 32.0. The molecule has 1 fully saturated rings. The minimum absolute atomic E-state index is 0.238. The lowest BCUT2D eigenvalue weighted by molar-refractivity contribution is -0.144. The fraction of sp³-hybridized carbons (Fsp3) is 0.455. The molecule has 0 radical (unpaired) electrons. The van der Waals surface area contributed by atoms with Gasteiger partial charge in [0.15, 0.2) is 0 Å². The van der Waals surface area contributed by atoms with Gasteiger partial charge in [-0.1, -0.05) is 44.2 Å². The van der Waals surface area contributed by atoms with E-state index in [2.05, 4.69) is 16.0 Å². The number of fused-ring (bicyclic) bond motifs is 3. The number of hydrogen-bond acceptors (Lipinski definition) is 7. The predicted octanol–water partition coefficient (Wildman–Crippen LogP) is 1.96. The Bertz CT molecular complexity index is 1380. The third-order valence-corrected chi connectivity index (χ3v) is 8.17. The summed E-state index contributed by atoms with van der Waals surface area (Å²) in [5, 5.41) is 8.58. The lowest BCUT2D eigenvalue weighted by atomic mass is 10.0. The van der Waals surface area contributed by atoms with Crippen LogP contribution in [0.1, 0.15) is 38.3 Å². The van der Waals surface area contributed by atoms with Gasteiger partial charge in [-0.15, -0.1) is 0 Å². The minimum atomic E-state index is -1.04. The molecule has 4 rings (SSSR count). The van der Waals surface area contributed by atoms with Crippen LogP contribution in [0.3, 0.4) is 0 Å². The molecular weight excluding hydrogens is 562 g/mol. The monoisotopic (exact) mass is 605 g/mol. The summed E-state index contributed by atoms with van der Waals surface area (Å²) in [5.74, 6) is -0.763. The first-order chi connectivity index (χ1) is 21.0. The first-order valence-corrected chi connectivity index (χ1v) is 14.9. The molecule has 236 valence electrons. The predicted molar refractivity (Wildman–Crippen MR) is 167 cm³/mol. The number of methoxy groups -OCH3 is 1. The Hall–Kier alpha value is -4.38. The molecule has 44 heavy (non-hydrogen) atoms. The SMILES string of the molecule is COc1ccc2cc1/C=C/NC(=O)C(Cc1ccccc1)NC(=O)C1C(CCN1C(=O)C(NC(=O)C(C)N(C)C)C(C)C)O2. The summed E-state index contributed by atoms with van der Waals surface area (Å²) < 4.78 is 11.9. The highest BCUT2D eigenvalue weighted by molar-refractivity contribution is 5.96. The topological polar surface area (TPSA) is 129 Å². The van der Waals surface area contributed by atoms with Crippen LogP contribution in [0.5, 0.6) is 11.5 Å². The van der Waals surface area contributed by atoms with E-state index in [1.807, 2.05) is 44.2 Å². The molecule has 0 aliphatic carbocycles. The van der Waals surface area contributed by atoms with Crippen molar-refractivity contribution in [2.45, 2.75) is 63.9 Å². The molecule has 11 nitrogen and oxygen atoms in total. The van der Waals surface area contributed by atoms with Crippen LogP contribution < -0.4 is 25.4 Å². The van der Waals surface area contributed by atoms with E-state index in [1.165, 1.54) is 11.1 Å². The quantitative estimate of drug-likeness (QED) is 0.420. The Kier molecular flexibility index (Phi) is 10.6. The molecule has 4 amide bonds. The summed E-state index contributed by atoms with van der Waals surface area (Å²) >= 11 is 0. The van der Waals surface area contributed by atoms with Crippen molar-refractivity contribution in [1.82, 2.24) is 25.8 Å². The highest BCUT2D eigenvalue weighted by Crippen LogP contribution is 2.30.